The van der Waals surface area contributed by atoms with Gasteiger partial charge in [0.2, 0.25) is 11.8 Å². The number of ether oxygens (including phenoxy) is 1. The molecule has 4 rings (SSSR count). The van der Waals surface area contributed by atoms with Gasteiger partial charge in [0, 0.05) is 50.9 Å². The van der Waals surface area contributed by atoms with Crippen molar-refractivity contribution < 1.29 is 18.7 Å². The summed E-state index contributed by atoms with van der Waals surface area (Å²) < 4.78 is 24.3. The number of hydrogen-bond donors (Lipinski definition) is 1. The Balaban J connectivity index is 1.24. The number of hydrogen-bond acceptors (Lipinski definition) is 7. The smallest absolute Gasteiger partial charge is 0.247 e. The Morgan fingerprint density at radius 2 is 1.87 bits per heavy atom. The lowest BCUT2D eigenvalue weighted by Gasteiger charge is -2.36. The Kier molecular flexibility index (Phi) is 6.25. The second-order valence-electron chi connectivity index (χ2n) is 7.38. The summed E-state index contributed by atoms with van der Waals surface area (Å²) in [6.07, 6.45) is -0.600. The van der Waals surface area contributed by atoms with Crippen molar-refractivity contribution in [3.63, 3.8) is 0 Å². The number of piperazine rings is 1. The van der Waals surface area contributed by atoms with Crippen molar-refractivity contribution in [1.29, 1.82) is 0 Å². The molecule has 0 radical (unpaired) electrons. The highest BCUT2D eigenvalue weighted by Crippen LogP contribution is 2.23. The third-order valence-electron chi connectivity index (χ3n) is 5.08. The van der Waals surface area contributed by atoms with E-state index in [1.807, 2.05) is 24.3 Å². The van der Waals surface area contributed by atoms with Crippen molar-refractivity contribution in [2.45, 2.75) is 13.0 Å². The Morgan fingerprint density at radius 3 is 2.57 bits per heavy atom. The first-order valence-corrected chi connectivity index (χ1v) is 10.0. The SMILES string of the molecule is Cc1nnc(-c2cccc(OCC(O)CN3CCN(c4ccc(F)cc4)CC3)c2)o1. The largest absolute Gasteiger partial charge is 0.491 e. The van der Waals surface area contributed by atoms with E-state index in [0.717, 1.165) is 37.4 Å². The average molecular weight is 412 g/mol. The van der Waals surface area contributed by atoms with Gasteiger partial charge in [-0.05, 0) is 42.5 Å². The molecule has 1 unspecified atom stereocenters. The van der Waals surface area contributed by atoms with Crippen molar-refractivity contribution in [2.75, 3.05) is 44.2 Å². The summed E-state index contributed by atoms with van der Waals surface area (Å²) in [4.78, 5) is 4.44. The molecular weight excluding hydrogens is 387 g/mol. The predicted molar refractivity (Wildman–Crippen MR) is 111 cm³/mol. The van der Waals surface area contributed by atoms with Crippen LogP contribution in [-0.2, 0) is 0 Å². The van der Waals surface area contributed by atoms with E-state index in [1.54, 1.807) is 19.1 Å². The van der Waals surface area contributed by atoms with E-state index in [-0.39, 0.29) is 12.4 Å². The number of β-amino-alcohol motifs (C(OH)–C–C–N with tert-alkyl or cyclic N) is 1. The van der Waals surface area contributed by atoms with Gasteiger partial charge < -0.3 is 19.2 Å². The van der Waals surface area contributed by atoms with Crippen LogP contribution in [0.25, 0.3) is 11.5 Å². The number of aryl methyl sites for hydroxylation is 1. The summed E-state index contributed by atoms with van der Waals surface area (Å²) in [5.41, 5.74) is 1.80. The van der Waals surface area contributed by atoms with E-state index in [9.17, 15) is 9.50 Å². The number of anilines is 1. The van der Waals surface area contributed by atoms with Crippen LogP contribution in [0.15, 0.2) is 52.9 Å². The van der Waals surface area contributed by atoms with Crippen LogP contribution < -0.4 is 9.64 Å². The van der Waals surface area contributed by atoms with Crippen molar-refractivity contribution in [3.8, 4) is 17.2 Å². The van der Waals surface area contributed by atoms with Crippen molar-refractivity contribution in [1.82, 2.24) is 15.1 Å². The minimum absolute atomic E-state index is 0.199. The summed E-state index contributed by atoms with van der Waals surface area (Å²) >= 11 is 0. The summed E-state index contributed by atoms with van der Waals surface area (Å²) in [5, 5.41) is 18.3. The molecule has 1 aliphatic rings. The molecule has 0 bridgehead atoms. The molecule has 2 heterocycles. The maximum atomic E-state index is 13.1. The first kappa shape index (κ1) is 20.3. The van der Waals surface area contributed by atoms with E-state index < -0.39 is 6.10 Å². The molecule has 7 nitrogen and oxygen atoms in total. The second-order valence-corrected chi connectivity index (χ2v) is 7.38. The maximum Gasteiger partial charge on any atom is 0.247 e. The summed E-state index contributed by atoms with van der Waals surface area (Å²) in [5.74, 6) is 1.37. The van der Waals surface area contributed by atoms with Crippen LogP contribution in [0.3, 0.4) is 0 Å². The highest BCUT2D eigenvalue weighted by Gasteiger charge is 2.20. The van der Waals surface area contributed by atoms with Crippen molar-refractivity contribution >= 4 is 5.69 Å². The van der Waals surface area contributed by atoms with Gasteiger partial charge in [0.05, 0.1) is 0 Å². The summed E-state index contributed by atoms with van der Waals surface area (Å²) in [6, 6.07) is 14.0. The molecule has 30 heavy (non-hydrogen) atoms. The molecule has 1 atom stereocenters. The molecule has 1 aliphatic heterocycles. The number of rotatable bonds is 7. The molecule has 0 aliphatic carbocycles. The van der Waals surface area contributed by atoms with Crippen LogP contribution in [0.1, 0.15) is 5.89 Å². The topological polar surface area (TPSA) is 74.9 Å². The minimum Gasteiger partial charge on any atom is -0.491 e. The number of benzene rings is 2. The standard InChI is InChI=1S/C22H25FN4O3/c1-16-24-25-22(30-16)17-3-2-4-21(13-17)29-15-20(28)14-26-9-11-27(12-10-26)19-7-5-18(23)6-8-19/h2-8,13,20,28H,9-12,14-15H2,1H3. The van der Waals surface area contributed by atoms with E-state index in [1.165, 1.54) is 12.1 Å². The van der Waals surface area contributed by atoms with Gasteiger partial charge in [0.25, 0.3) is 0 Å². The van der Waals surface area contributed by atoms with Gasteiger partial charge >= 0.3 is 0 Å². The zero-order valence-corrected chi connectivity index (χ0v) is 16.9. The van der Waals surface area contributed by atoms with E-state index >= 15 is 0 Å². The van der Waals surface area contributed by atoms with Gasteiger partial charge in [0.15, 0.2) is 0 Å². The maximum absolute atomic E-state index is 13.1. The molecule has 0 amide bonds. The van der Waals surface area contributed by atoms with Crippen LogP contribution in [-0.4, -0.2) is 65.6 Å². The number of aliphatic hydroxyl groups is 1. The van der Waals surface area contributed by atoms with E-state index in [2.05, 4.69) is 20.0 Å². The van der Waals surface area contributed by atoms with Crippen LogP contribution in [0.4, 0.5) is 10.1 Å². The Hall–Kier alpha value is -2.97. The predicted octanol–water partition coefficient (Wildman–Crippen LogP) is 2.75. The number of halogens is 1. The molecule has 0 saturated carbocycles. The van der Waals surface area contributed by atoms with Gasteiger partial charge in [0.1, 0.15) is 24.3 Å². The van der Waals surface area contributed by atoms with Gasteiger partial charge in [-0.3, -0.25) is 4.90 Å². The molecular formula is C22H25FN4O3. The quantitative estimate of drug-likeness (QED) is 0.640. The summed E-state index contributed by atoms with van der Waals surface area (Å²) in [7, 11) is 0. The third-order valence-corrected chi connectivity index (χ3v) is 5.08. The fraction of sp³-hybridized carbons (Fsp3) is 0.364. The zero-order valence-electron chi connectivity index (χ0n) is 16.9. The highest BCUT2D eigenvalue weighted by molar-refractivity contribution is 5.55. The lowest BCUT2D eigenvalue weighted by atomic mass is 10.2. The molecule has 3 aromatic rings. The van der Waals surface area contributed by atoms with Crippen LogP contribution in [0.2, 0.25) is 0 Å². The third kappa shape index (κ3) is 5.14. The second kappa shape index (κ2) is 9.23. The summed E-state index contributed by atoms with van der Waals surface area (Å²) in [6.45, 7) is 5.83. The highest BCUT2D eigenvalue weighted by atomic mass is 19.1. The monoisotopic (exact) mass is 412 g/mol. The molecule has 1 aromatic heterocycles. The normalized spacial score (nSPS) is 15.9. The van der Waals surface area contributed by atoms with Crippen LogP contribution >= 0.6 is 0 Å². The molecule has 0 spiro atoms. The van der Waals surface area contributed by atoms with Gasteiger partial charge in [-0.1, -0.05) is 6.07 Å². The Bertz CT molecular complexity index is 955. The Labute approximate surface area is 174 Å². The fourth-order valence-electron chi connectivity index (χ4n) is 3.52. The molecule has 1 saturated heterocycles. The molecule has 1 fully saturated rings. The van der Waals surface area contributed by atoms with Crippen LogP contribution in [0, 0.1) is 12.7 Å². The molecule has 2 aromatic carbocycles. The lowest BCUT2D eigenvalue weighted by Crippen LogP contribution is -2.49. The van der Waals surface area contributed by atoms with E-state index in [0.29, 0.717) is 24.1 Å². The van der Waals surface area contributed by atoms with Gasteiger partial charge in [-0.25, -0.2) is 4.39 Å². The zero-order chi connectivity index (χ0) is 20.9. The number of aliphatic hydroxyl groups excluding tert-OH is 1. The van der Waals surface area contributed by atoms with Gasteiger partial charge in [-0.2, -0.15) is 0 Å². The Morgan fingerprint density at radius 1 is 1.10 bits per heavy atom. The van der Waals surface area contributed by atoms with Crippen molar-refractivity contribution in [2.24, 2.45) is 0 Å². The van der Waals surface area contributed by atoms with Crippen molar-refractivity contribution in [3.05, 3.63) is 60.2 Å². The van der Waals surface area contributed by atoms with Crippen LogP contribution in [0.5, 0.6) is 5.75 Å². The van der Waals surface area contributed by atoms with Gasteiger partial charge in [-0.15, -0.1) is 10.2 Å². The first-order valence-electron chi connectivity index (χ1n) is 10.0. The minimum atomic E-state index is -0.600. The average Bonchev–Trinajstić information content (AvgIpc) is 3.20. The number of aromatic nitrogens is 2. The van der Waals surface area contributed by atoms with E-state index in [4.69, 9.17) is 9.15 Å². The lowest BCUT2D eigenvalue weighted by molar-refractivity contribution is 0.0663. The number of nitrogens with zero attached hydrogens (tertiary/aromatic N) is 4. The molecule has 8 heteroatoms. The first-order chi connectivity index (χ1) is 14.6. The molecule has 1 N–H and O–H groups in total. The molecule has 158 valence electrons. The fourth-order valence-corrected chi connectivity index (χ4v) is 3.52.